The second-order valence-electron chi connectivity index (χ2n) is 15.1. The Labute approximate surface area is 328 Å². The lowest BCUT2D eigenvalue weighted by molar-refractivity contribution is 0.646. The van der Waals surface area contributed by atoms with Gasteiger partial charge in [-0.15, -0.1) is 0 Å². The first kappa shape index (κ1) is 31.9. The van der Waals surface area contributed by atoms with Crippen molar-refractivity contribution < 1.29 is 8.83 Å². The van der Waals surface area contributed by atoms with E-state index in [0.29, 0.717) is 0 Å². The van der Waals surface area contributed by atoms with E-state index >= 15 is 0 Å². The molecule has 0 amide bonds. The molecule has 0 spiro atoms. The van der Waals surface area contributed by atoms with Gasteiger partial charge in [-0.2, -0.15) is 0 Å². The standard InChI is InChI=1S/C53H34N2O2/c1-31-50(43-19-10-22-48-49(43)45-30-35(26-28-47(45)56-48)39-17-8-13-32-11-2-4-14-37(32)39)54-53(36-25-27-40-34(29-36)24-23-33-12-3-5-15-38(33)40)55-51(31)44-20-9-18-42-41-16-6-7-21-46(41)57-52(42)44/h2-30,51H,1H3,(H,54,55). The van der Waals surface area contributed by atoms with Gasteiger partial charge in [-0.25, -0.2) is 4.99 Å². The quantitative estimate of drug-likeness (QED) is 0.183. The highest BCUT2D eigenvalue weighted by atomic mass is 16.3. The van der Waals surface area contributed by atoms with Crippen molar-refractivity contribution in [3.8, 4) is 11.1 Å². The van der Waals surface area contributed by atoms with Crippen molar-refractivity contribution in [3.05, 3.63) is 198 Å². The van der Waals surface area contributed by atoms with Crippen molar-refractivity contribution in [2.45, 2.75) is 13.0 Å². The summed E-state index contributed by atoms with van der Waals surface area (Å²) in [6.45, 7) is 2.20. The second-order valence-corrected chi connectivity index (χ2v) is 15.1. The molecule has 1 N–H and O–H groups in total. The van der Waals surface area contributed by atoms with Crippen LogP contribution in [0.15, 0.2) is 195 Å². The molecule has 4 heteroatoms. The SMILES string of the molecule is CC1=C(c2cccc3oc4ccc(-c5cccc6ccccc56)cc4c23)N=C(c2ccc3c(ccc4ccccc43)c2)NC1c1cccc2c1oc1ccccc12. The van der Waals surface area contributed by atoms with Crippen molar-refractivity contribution in [2.75, 3.05) is 0 Å². The molecule has 0 bridgehead atoms. The lowest BCUT2D eigenvalue weighted by Crippen LogP contribution is -2.33. The zero-order valence-corrected chi connectivity index (χ0v) is 31.1. The van der Waals surface area contributed by atoms with Crippen molar-refractivity contribution in [2.24, 2.45) is 4.99 Å². The summed E-state index contributed by atoms with van der Waals surface area (Å²) in [7, 11) is 0. The monoisotopic (exact) mass is 730 g/mol. The Hall–Kier alpha value is -7.43. The van der Waals surface area contributed by atoms with E-state index in [9.17, 15) is 0 Å². The fraction of sp³-hybridized carbons (Fsp3) is 0.0377. The van der Waals surface area contributed by atoms with Crippen molar-refractivity contribution in [1.29, 1.82) is 0 Å². The molecule has 1 unspecified atom stereocenters. The lowest BCUT2D eigenvalue weighted by atomic mass is 9.90. The molecule has 0 saturated carbocycles. The van der Waals surface area contributed by atoms with Gasteiger partial charge in [0.15, 0.2) is 0 Å². The molecule has 57 heavy (non-hydrogen) atoms. The molecule has 268 valence electrons. The van der Waals surface area contributed by atoms with Crippen LogP contribution in [-0.4, -0.2) is 5.84 Å². The summed E-state index contributed by atoms with van der Waals surface area (Å²) in [6.07, 6.45) is 0. The molecule has 4 nitrogen and oxygen atoms in total. The average Bonchev–Trinajstić information content (AvgIpc) is 3.84. The van der Waals surface area contributed by atoms with E-state index in [1.807, 2.05) is 12.1 Å². The maximum atomic E-state index is 6.65. The van der Waals surface area contributed by atoms with E-state index in [-0.39, 0.29) is 6.04 Å². The van der Waals surface area contributed by atoms with Gasteiger partial charge in [-0.3, -0.25) is 0 Å². The second kappa shape index (κ2) is 12.3. The molecule has 9 aromatic carbocycles. The van der Waals surface area contributed by atoms with E-state index < -0.39 is 0 Å². The van der Waals surface area contributed by atoms with Gasteiger partial charge in [0.1, 0.15) is 28.2 Å². The van der Waals surface area contributed by atoms with Crippen LogP contribution in [0, 0.1) is 0 Å². The number of nitrogens with one attached hydrogen (secondary N) is 1. The number of benzene rings is 9. The van der Waals surface area contributed by atoms with E-state index in [2.05, 4.69) is 176 Å². The first-order valence-corrected chi connectivity index (χ1v) is 19.5. The van der Waals surface area contributed by atoms with Gasteiger partial charge in [-0.05, 0) is 86.3 Å². The molecule has 0 radical (unpaired) electrons. The van der Waals surface area contributed by atoms with Crippen LogP contribution in [-0.2, 0) is 0 Å². The lowest BCUT2D eigenvalue weighted by Gasteiger charge is -2.29. The van der Waals surface area contributed by atoms with Gasteiger partial charge in [0.05, 0.1) is 11.7 Å². The summed E-state index contributed by atoms with van der Waals surface area (Å²) < 4.78 is 13.2. The minimum atomic E-state index is -0.219. The third-order valence-corrected chi connectivity index (χ3v) is 11.9. The molecule has 12 rings (SSSR count). The van der Waals surface area contributed by atoms with Gasteiger partial charge in [0, 0.05) is 38.2 Å². The number of aliphatic imine (C=N–C) groups is 1. The number of fused-ring (bicyclic) bond motifs is 10. The maximum absolute atomic E-state index is 6.65. The molecule has 2 aromatic heterocycles. The van der Waals surface area contributed by atoms with Crippen LogP contribution in [0.5, 0.6) is 0 Å². The predicted molar refractivity (Wildman–Crippen MR) is 237 cm³/mol. The van der Waals surface area contributed by atoms with Crippen molar-refractivity contribution in [1.82, 2.24) is 5.32 Å². The fourth-order valence-electron chi connectivity index (χ4n) is 9.17. The van der Waals surface area contributed by atoms with Crippen molar-refractivity contribution in [3.63, 3.8) is 0 Å². The number of nitrogens with zero attached hydrogens (tertiary/aromatic N) is 1. The molecule has 0 aliphatic carbocycles. The summed E-state index contributed by atoms with van der Waals surface area (Å²) in [5.74, 6) is 0.810. The van der Waals surface area contributed by atoms with Gasteiger partial charge in [0.25, 0.3) is 0 Å². The Balaban J connectivity index is 1.09. The Kier molecular flexibility index (Phi) is 6.87. The first-order valence-electron chi connectivity index (χ1n) is 19.5. The molecular formula is C53H34N2O2. The fourth-order valence-corrected chi connectivity index (χ4v) is 9.17. The van der Waals surface area contributed by atoms with Crippen LogP contribution >= 0.6 is 0 Å². The van der Waals surface area contributed by atoms with Crippen LogP contribution in [0.2, 0.25) is 0 Å². The summed E-state index contributed by atoms with van der Waals surface area (Å²) in [4.78, 5) is 5.54. The average molecular weight is 731 g/mol. The zero-order valence-electron chi connectivity index (χ0n) is 31.1. The van der Waals surface area contributed by atoms with Crippen LogP contribution in [0.1, 0.15) is 29.7 Å². The number of amidine groups is 1. The van der Waals surface area contributed by atoms with E-state index in [1.54, 1.807) is 0 Å². The largest absolute Gasteiger partial charge is 0.456 e. The van der Waals surface area contributed by atoms with Gasteiger partial charge in [0.2, 0.25) is 0 Å². The number of hydrogen-bond acceptors (Lipinski definition) is 4. The molecule has 1 atom stereocenters. The Morgan fingerprint density at radius 2 is 1.11 bits per heavy atom. The summed E-state index contributed by atoms with van der Waals surface area (Å²) in [5, 5.41) is 15.6. The maximum Gasteiger partial charge on any atom is 0.141 e. The van der Waals surface area contributed by atoms with Crippen molar-refractivity contribution >= 4 is 87.7 Å². The van der Waals surface area contributed by atoms with E-state index in [0.717, 1.165) is 83.2 Å². The van der Waals surface area contributed by atoms with Crippen LogP contribution < -0.4 is 5.32 Å². The third kappa shape index (κ3) is 4.90. The smallest absolute Gasteiger partial charge is 0.141 e. The van der Waals surface area contributed by atoms with Gasteiger partial charge in [-0.1, -0.05) is 146 Å². The summed E-state index contributed by atoms with van der Waals surface area (Å²) in [5.41, 5.74) is 10.9. The van der Waals surface area contributed by atoms with Gasteiger partial charge >= 0.3 is 0 Å². The molecule has 3 heterocycles. The minimum absolute atomic E-state index is 0.219. The van der Waals surface area contributed by atoms with Crippen LogP contribution in [0.3, 0.4) is 0 Å². The highest BCUT2D eigenvalue weighted by Gasteiger charge is 2.29. The number of para-hydroxylation sites is 2. The number of hydrogen-bond donors (Lipinski definition) is 1. The topological polar surface area (TPSA) is 50.7 Å². The number of furan rings is 2. The van der Waals surface area contributed by atoms with E-state index in [4.69, 9.17) is 13.8 Å². The number of rotatable bonds is 4. The van der Waals surface area contributed by atoms with Crippen LogP contribution in [0.4, 0.5) is 0 Å². The highest BCUT2D eigenvalue weighted by Crippen LogP contribution is 2.44. The minimum Gasteiger partial charge on any atom is -0.456 e. The Morgan fingerprint density at radius 3 is 2.02 bits per heavy atom. The predicted octanol–water partition coefficient (Wildman–Crippen LogP) is 14.1. The highest BCUT2D eigenvalue weighted by molar-refractivity contribution is 6.16. The molecule has 1 aliphatic heterocycles. The summed E-state index contributed by atoms with van der Waals surface area (Å²) >= 11 is 0. The van der Waals surface area contributed by atoms with Crippen LogP contribution in [0.25, 0.3) is 93.0 Å². The third-order valence-electron chi connectivity index (χ3n) is 11.9. The van der Waals surface area contributed by atoms with Gasteiger partial charge < -0.3 is 14.2 Å². The Bertz CT molecular complexity index is 3520. The molecule has 1 aliphatic rings. The van der Waals surface area contributed by atoms with E-state index in [1.165, 1.54) is 37.9 Å². The molecule has 11 aromatic rings. The molecule has 0 fully saturated rings. The Morgan fingerprint density at radius 1 is 0.456 bits per heavy atom. The summed E-state index contributed by atoms with van der Waals surface area (Å²) in [6, 6.07) is 62.2. The first-order chi connectivity index (χ1) is 28.2. The zero-order chi connectivity index (χ0) is 37.6. The normalized spacial score (nSPS) is 14.8. The molecule has 0 saturated heterocycles. The molecular weight excluding hydrogens is 697 g/mol.